The minimum absolute atomic E-state index is 0.139. The van der Waals surface area contributed by atoms with Gasteiger partial charge in [-0.05, 0) is 25.7 Å². The first-order chi connectivity index (χ1) is 22.2. The van der Waals surface area contributed by atoms with Crippen molar-refractivity contribution in [2.24, 2.45) is 0 Å². The Morgan fingerprint density at radius 2 is 0.522 bits per heavy atom. The molecule has 46 heavy (non-hydrogen) atoms. The SMILES string of the molecule is CCCCCCCCCCCCCCCC[N+](C)(C)C[C@H](OC)[C@@H](C[N+](C)(C)CCCCCCCCCCCCCCCC)OC. The second kappa shape index (κ2) is 32.1. The summed E-state index contributed by atoms with van der Waals surface area (Å²) in [6.07, 6.45) is 40.1. The van der Waals surface area contributed by atoms with Crippen LogP contribution in [0.2, 0.25) is 0 Å². The standard InChI is InChI=1S/C42H90N2O2/c1-9-11-13-15-17-19-21-23-25-27-29-31-33-35-37-43(3,4)39-41(45-7)42(46-8)40-44(5,6)38-36-34-32-30-28-26-24-22-20-18-16-14-12-10-2/h41-42H,9-40H2,1-8H3/q+2/t41-,42+. The van der Waals surface area contributed by atoms with Gasteiger partial charge >= 0.3 is 0 Å². The Labute approximate surface area is 292 Å². The van der Waals surface area contributed by atoms with Gasteiger partial charge in [-0.15, -0.1) is 0 Å². The van der Waals surface area contributed by atoms with Crippen LogP contribution in [-0.4, -0.2) is 89.8 Å². The van der Waals surface area contributed by atoms with Gasteiger partial charge in [-0.3, -0.25) is 0 Å². The summed E-state index contributed by atoms with van der Waals surface area (Å²) in [5.74, 6) is 0. The van der Waals surface area contributed by atoms with Crippen LogP contribution in [-0.2, 0) is 9.47 Å². The fraction of sp³-hybridized carbons (Fsp3) is 1.00. The van der Waals surface area contributed by atoms with Gasteiger partial charge in [0.1, 0.15) is 25.3 Å². The lowest BCUT2D eigenvalue weighted by Gasteiger charge is -2.39. The Balaban J connectivity index is 4.02. The highest BCUT2D eigenvalue weighted by Crippen LogP contribution is 2.18. The molecule has 0 aliphatic carbocycles. The summed E-state index contributed by atoms with van der Waals surface area (Å²) in [4.78, 5) is 0. The molecular formula is C42H90N2O2+2. The zero-order valence-electron chi connectivity index (χ0n) is 33.5. The Bertz CT molecular complexity index is 556. The highest BCUT2D eigenvalue weighted by Gasteiger charge is 2.33. The quantitative estimate of drug-likeness (QED) is 0.0490. The van der Waals surface area contributed by atoms with Gasteiger partial charge in [0.15, 0.2) is 0 Å². The van der Waals surface area contributed by atoms with E-state index in [4.69, 9.17) is 9.47 Å². The van der Waals surface area contributed by atoms with Crippen molar-refractivity contribution in [3.05, 3.63) is 0 Å². The third-order valence-corrected chi connectivity index (χ3v) is 10.6. The first-order valence-electron chi connectivity index (χ1n) is 20.9. The predicted molar refractivity (Wildman–Crippen MR) is 206 cm³/mol. The van der Waals surface area contributed by atoms with Crippen molar-refractivity contribution >= 4 is 0 Å². The molecule has 0 aromatic carbocycles. The maximum Gasteiger partial charge on any atom is 0.137 e. The van der Waals surface area contributed by atoms with Crippen LogP contribution in [0.3, 0.4) is 0 Å². The van der Waals surface area contributed by atoms with Crippen LogP contribution >= 0.6 is 0 Å². The van der Waals surface area contributed by atoms with Gasteiger partial charge in [0.2, 0.25) is 0 Å². The van der Waals surface area contributed by atoms with Gasteiger partial charge in [-0.2, -0.15) is 0 Å². The first kappa shape index (κ1) is 45.8. The van der Waals surface area contributed by atoms with Gasteiger partial charge in [0.25, 0.3) is 0 Å². The summed E-state index contributed by atoms with van der Waals surface area (Å²) < 4.78 is 14.2. The fourth-order valence-electron chi connectivity index (χ4n) is 7.31. The molecule has 4 heteroatoms. The number of rotatable bonds is 37. The molecular weight excluding hydrogens is 564 g/mol. The molecule has 0 saturated heterocycles. The second-order valence-corrected chi connectivity index (χ2v) is 16.4. The molecule has 0 rings (SSSR count). The number of ether oxygens (including phenoxy) is 2. The molecule has 0 heterocycles. The smallest absolute Gasteiger partial charge is 0.137 e. The van der Waals surface area contributed by atoms with E-state index in [0.717, 1.165) is 22.1 Å². The molecule has 0 unspecified atom stereocenters. The van der Waals surface area contributed by atoms with Gasteiger partial charge in [-0.25, -0.2) is 0 Å². The zero-order valence-corrected chi connectivity index (χ0v) is 33.5. The molecule has 0 radical (unpaired) electrons. The average Bonchev–Trinajstić information content (AvgIpc) is 3.03. The summed E-state index contributed by atoms with van der Waals surface area (Å²) in [6.45, 7) is 9.10. The number of likely N-dealkylation sites (N-methyl/N-ethyl adjacent to an activating group) is 2. The Kier molecular flexibility index (Phi) is 32.0. The second-order valence-electron chi connectivity index (χ2n) is 16.4. The Morgan fingerprint density at radius 1 is 0.326 bits per heavy atom. The van der Waals surface area contributed by atoms with E-state index >= 15 is 0 Å². The Morgan fingerprint density at radius 3 is 0.717 bits per heavy atom. The molecule has 0 aromatic rings. The summed E-state index contributed by atoms with van der Waals surface area (Å²) >= 11 is 0. The van der Waals surface area contributed by atoms with Crippen molar-refractivity contribution in [1.29, 1.82) is 0 Å². The maximum atomic E-state index is 6.09. The minimum atomic E-state index is 0.139. The monoisotopic (exact) mass is 655 g/mol. The van der Waals surface area contributed by atoms with E-state index < -0.39 is 0 Å². The summed E-state index contributed by atoms with van der Waals surface area (Å²) in [6, 6.07) is 0. The highest BCUT2D eigenvalue weighted by molar-refractivity contribution is 4.70. The molecule has 0 N–H and O–H groups in total. The summed E-state index contributed by atoms with van der Waals surface area (Å²) in [5, 5.41) is 0. The number of methoxy groups -OCH3 is 2. The van der Waals surface area contributed by atoms with Crippen molar-refractivity contribution in [3.8, 4) is 0 Å². The minimum Gasteiger partial charge on any atom is -0.373 e. The molecule has 0 aliphatic heterocycles. The lowest BCUT2D eigenvalue weighted by molar-refractivity contribution is -0.902. The number of nitrogens with zero attached hydrogens (tertiary/aromatic N) is 2. The molecule has 2 atom stereocenters. The molecule has 0 spiro atoms. The van der Waals surface area contributed by atoms with E-state index in [1.807, 2.05) is 14.2 Å². The van der Waals surface area contributed by atoms with Crippen LogP contribution in [0.5, 0.6) is 0 Å². The van der Waals surface area contributed by atoms with Crippen LogP contribution in [0.1, 0.15) is 194 Å². The normalized spacial score (nSPS) is 13.8. The molecule has 0 fully saturated rings. The average molecular weight is 655 g/mol. The van der Waals surface area contributed by atoms with E-state index in [0.29, 0.717) is 0 Å². The lowest BCUT2D eigenvalue weighted by atomic mass is 10.0. The number of hydrogen-bond acceptors (Lipinski definition) is 2. The van der Waals surface area contributed by atoms with Crippen molar-refractivity contribution in [1.82, 2.24) is 0 Å². The largest absolute Gasteiger partial charge is 0.373 e. The fourth-order valence-corrected chi connectivity index (χ4v) is 7.31. The third kappa shape index (κ3) is 29.9. The van der Waals surface area contributed by atoms with E-state index in [1.165, 1.54) is 193 Å². The van der Waals surface area contributed by atoms with Crippen molar-refractivity contribution in [3.63, 3.8) is 0 Å². The van der Waals surface area contributed by atoms with Crippen LogP contribution < -0.4 is 0 Å². The van der Waals surface area contributed by atoms with Crippen LogP contribution in [0.4, 0.5) is 0 Å². The van der Waals surface area contributed by atoms with E-state index in [2.05, 4.69) is 42.0 Å². The summed E-state index contributed by atoms with van der Waals surface area (Å²) in [7, 11) is 13.3. The van der Waals surface area contributed by atoms with Crippen LogP contribution in [0, 0.1) is 0 Å². The van der Waals surface area contributed by atoms with Crippen molar-refractivity contribution in [2.45, 2.75) is 206 Å². The number of quaternary nitrogens is 2. The van der Waals surface area contributed by atoms with Gasteiger partial charge < -0.3 is 18.4 Å². The van der Waals surface area contributed by atoms with Gasteiger partial charge in [0, 0.05) is 14.2 Å². The van der Waals surface area contributed by atoms with E-state index in [1.54, 1.807) is 0 Å². The van der Waals surface area contributed by atoms with Crippen LogP contribution in [0.15, 0.2) is 0 Å². The summed E-state index contributed by atoms with van der Waals surface area (Å²) in [5.41, 5.74) is 0. The molecule has 4 nitrogen and oxygen atoms in total. The molecule has 0 amide bonds. The lowest BCUT2D eigenvalue weighted by Crippen LogP contribution is -2.55. The number of unbranched alkanes of at least 4 members (excludes halogenated alkanes) is 26. The van der Waals surface area contributed by atoms with Crippen molar-refractivity contribution < 1.29 is 18.4 Å². The first-order valence-corrected chi connectivity index (χ1v) is 20.9. The zero-order chi connectivity index (χ0) is 34.2. The van der Waals surface area contributed by atoms with E-state index in [-0.39, 0.29) is 12.2 Å². The highest BCUT2D eigenvalue weighted by atomic mass is 16.5. The molecule has 0 aromatic heterocycles. The van der Waals surface area contributed by atoms with Crippen LogP contribution in [0.25, 0.3) is 0 Å². The topological polar surface area (TPSA) is 18.5 Å². The third-order valence-electron chi connectivity index (χ3n) is 10.6. The van der Waals surface area contributed by atoms with Gasteiger partial charge in [-0.1, -0.05) is 168 Å². The predicted octanol–water partition coefficient (Wildman–Crippen LogP) is 12.1. The number of hydrogen-bond donors (Lipinski definition) is 0. The van der Waals surface area contributed by atoms with Gasteiger partial charge in [0.05, 0.1) is 41.3 Å². The Hall–Kier alpha value is -0.160. The molecule has 278 valence electrons. The van der Waals surface area contributed by atoms with Crippen molar-refractivity contribution in [2.75, 3.05) is 68.6 Å². The molecule has 0 saturated carbocycles. The maximum absolute atomic E-state index is 6.09. The van der Waals surface area contributed by atoms with E-state index in [9.17, 15) is 0 Å². The molecule has 0 bridgehead atoms. The molecule has 0 aliphatic rings.